The molecular weight excluding hydrogens is 312 g/mol. The lowest BCUT2D eigenvalue weighted by molar-refractivity contribution is 0.0679. The van der Waals surface area contributed by atoms with Crippen LogP contribution in [0.3, 0.4) is 0 Å². The maximum atomic E-state index is 13.4. The van der Waals surface area contributed by atoms with Gasteiger partial charge in [0.25, 0.3) is 5.91 Å². The molecule has 0 spiro atoms. The van der Waals surface area contributed by atoms with Crippen molar-refractivity contribution in [1.82, 2.24) is 14.5 Å². The molecule has 0 bridgehead atoms. The van der Waals surface area contributed by atoms with Gasteiger partial charge in [0.1, 0.15) is 0 Å². The van der Waals surface area contributed by atoms with E-state index in [0.717, 1.165) is 25.0 Å². The Bertz CT molecular complexity index is 690. The number of rotatable bonds is 2. The molecule has 1 fully saturated rings. The first-order chi connectivity index (χ1) is 10.6. The van der Waals surface area contributed by atoms with Crippen LogP contribution in [0.25, 0.3) is 0 Å². The Labute approximate surface area is 131 Å². The first kappa shape index (κ1) is 15.0. The van der Waals surface area contributed by atoms with Gasteiger partial charge in [-0.25, -0.2) is 13.8 Å². The summed E-state index contributed by atoms with van der Waals surface area (Å²) in [5.74, 6) is -2.51. The van der Waals surface area contributed by atoms with Gasteiger partial charge in [0.2, 0.25) is 0 Å². The van der Waals surface area contributed by atoms with E-state index in [2.05, 4.69) is 4.98 Å². The van der Waals surface area contributed by atoms with E-state index >= 15 is 0 Å². The van der Waals surface area contributed by atoms with E-state index in [9.17, 15) is 13.6 Å². The lowest BCUT2D eigenvalue weighted by Gasteiger charge is -2.33. The number of amides is 1. The number of nitrogens with zero attached hydrogens (tertiary/aromatic N) is 3. The summed E-state index contributed by atoms with van der Waals surface area (Å²) in [6.07, 6.45) is 7.01. The molecule has 22 heavy (non-hydrogen) atoms. The number of benzene rings is 1. The third-order valence-corrected chi connectivity index (χ3v) is 4.18. The molecule has 0 aliphatic carbocycles. The van der Waals surface area contributed by atoms with Crippen LogP contribution in [0.4, 0.5) is 8.78 Å². The molecule has 1 amide bonds. The number of hydrogen-bond acceptors (Lipinski definition) is 2. The molecule has 0 radical (unpaired) electrons. The summed E-state index contributed by atoms with van der Waals surface area (Å²) in [6.45, 7) is 1.06. The van der Waals surface area contributed by atoms with Gasteiger partial charge in [0, 0.05) is 25.5 Å². The number of halogens is 3. The lowest BCUT2D eigenvalue weighted by Crippen LogP contribution is -2.40. The summed E-state index contributed by atoms with van der Waals surface area (Å²) in [7, 11) is 0. The smallest absolute Gasteiger partial charge is 0.255 e. The fraction of sp³-hybridized carbons (Fsp3) is 0.333. The van der Waals surface area contributed by atoms with E-state index in [4.69, 9.17) is 11.6 Å². The van der Waals surface area contributed by atoms with Crippen LogP contribution >= 0.6 is 11.6 Å². The zero-order valence-electron chi connectivity index (χ0n) is 11.7. The summed E-state index contributed by atoms with van der Waals surface area (Å²) >= 11 is 5.88. The highest BCUT2D eigenvalue weighted by atomic mass is 35.5. The monoisotopic (exact) mass is 325 g/mol. The Balaban J connectivity index is 1.81. The minimum atomic E-state index is -1.07. The van der Waals surface area contributed by atoms with Gasteiger partial charge in [0.15, 0.2) is 11.6 Å². The number of hydrogen-bond donors (Lipinski definition) is 0. The molecule has 0 N–H and O–H groups in total. The quantitative estimate of drug-likeness (QED) is 0.795. The van der Waals surface area contributed by atoms with E-state index in [-0.39, 0.29) is 22.5 Å². The number of aromatic nitrogens is 2. The van der Waals surface area contributed by atoms with Crippen molar-refractivity contribution in [2.75, 3.05) is 13.1 Å². The molecule has 1 aromatic heterocycles. The summed E-state index contributed by atoms with van der Waals surface area (Å²) < 4.78 is 28.4. The average Bonchev–Trinajstić information content (AvgIpc) is 3.05. The molecule has 1 aliphatic heterocycles. The van der Waals surface area contributed by atoms with Crippen molar-refractivity contribution in [3.05, 3.63) is 53.1 Å². The second kappa shape index (κ2) is 6.04. The third kappa shape index (κ3) is 2.83. The van der Waals surface area contributed by atoms with Gasteiger partial charge in [-0.3, -0.25) is 4.79 Å². The summed E-state index contributed by atoms with van der Waals surface area (Å²) in [5, 5.41) is -0.0753. The highest BCUT2D eigenvalue weighted by Gasteiger charge is 2.27. The minimum Gasteiger partial charge on any atom is -0.337 e. The Morgan fingerprint density at radius 2 is 2.09 bits per heavy atom. The summed E-state index contributed by atoms with van der Waals surface area (Å²) in [4.78, 5) is 18.2. The summed E-state index contributed by atoms with van der Waals surface area (Å²) in [6, 6.07) is 1.83. The Kier molecular flexibility index (Phi) is 4.11. The summed E-state index contributed by atoms with van der Waals surface area (Å²) in [5.41, 5.74) is -0.00755. The first-order valence-electron chi connectivity index (χ1n) is 6.97. The second-order valence-corrected chi connectivity index (χ2v) is 5.71. The van der Waals surface area contributed by atoms with Crippen LogP contribution in [0.5, 0.6) is 0 Å². The van der Waals surface area contributed by atoms with Crippen molar-refractivity contribution < 1.29 is 13.6 Å². The van der Waals surface area contributed by atoms with Crippen molar-refractivity contribution in [3.63, 3.8) is 0 Å². The molecule has 2 aromatic rings. The molecule has 1 atom stereocenters. The number of carbonyl (C=O) groups excluding carboxylic acids is 1. The van der Waals surface area contributed by atoms with Crippen molar-refractivity contribution >= 4 is 17.5 Å². The molecule has 1 aliphatic rings. The highest BCUT2D eigenvalue weighted by molar-refractivity contribution is 6.33. The fourth-order valence-corrected chi connectivity index (χ4v) is 2.96. The Hall–Kier alpha value is -1.95. The number of carbonyl (C=O) groups is 1. The van der Waals surface area contributed by atoms with Crippen molar-refractivity contribution in [1.29, 1.82) is 0 Å². The maximum Gasteiger partial charge on any atom is 0.255 e. The molecule has 1 aromatic carbocycles. The van der Waals surface area contributed by atoms with Gasteiger partial charge in [-0.2, -0.15) is 0 Å². The number of piperidine rings is 1. The van der Waals surface area contributed by atoms with Gasteiger partial charge in [-0.1, -0.05) is 11.6 Å². The van der Waals surface area contributed by atoms with Gasteiger partial charge in [0.05, 0.1) is 23.0 Å². The van der Waals surface area contributed by atoms with Crippen LogP contribution in [0.2, 0.25) is 5.02 Å². The first-order valence-corrected chi connectivity index (χ1v) is 7.35. The zero-order chi connectivity index (χ0) is 15.7. The topological polar surface area (TPSA) is 38.1 Å². The number of imidazole rings is 1. The SMILES string of the molecule is O=C(c1cc(F)c(F)cc1Cl)N1CCCC(n2ccnc2)C1. The molecule has 7 heteroatoms. The predicted octanol–water partition coefficient (Wildman–Crippen LogP) is 3.29. The molecule has 3 rings (SSSR count). The molecular formula is C15H14ClF2N3O. The van der Waals surface area contributed by atoms with E-state index in [1.54, 1.807) is 17.4 Å². The largest absolute Gasteiger partial charge is 0.337 e. The van der Waals surface area contributed by atoms with Gasteiger partial charge < -0.3 is 9.47 Å². The standard InChI is InChI=1S/C15H14ClF2N3O/c16-12-7-14(18)13(17)6-11(12)15(22)20-4-1-2-10(8-20)21-5-3-19-9-21/h3,5-7,9-10H,1-2,4,8H2. The van der Waals surface area contributed by atoms with Gasteiger partial charge in [-0.15, -0.1) is 0 Å². The molecule has 1 saturated heterocycles. The van der Waals surface area contributed by atoms with Crippen molar-refractivity contribution in [2.45, 2.75) is 18.9 Å². The third-order valence-electron chi connectivity index (χ3n) is 3.87. The van der Waals surface area contributed by atoms with Crippen molar-refractivity contribution in [2.24, 2.45) is 0 Å². The van der Waals surface area contributed by atoms with Crippen LogP contribution in [0.1, 0.15) is 29.2 Å². The molecule has 1 unspecified atom stereocenters. The lowest BCUT2D eigenvalue weighted by atomic mass is 10.0. The molecule has 0 saturated carbocycles. The van der Waals surface area contributed by atoms with Crippen molar-refractivity contribution in [3.8, 4) is 0 Å². The number of likely N-dealkylation sites (tertiary alicyclic amines) is 1. The maximum absolute atomic E-state index is 13.4. The Morgan fingerprint density at radius 1 is 1.32 bits per heavy atom. The van der Waals surface area contributed by atoms with E-state index in [1.165, 1.54) is 0 Å². The van der Waals surface area contributed by atoms with Gasteiger partial charge >= 0.3 is 0 Å². The molecule has 2 heterocycles. The van der Waals surface area contributed by atoms with Crippen LogP contribution in [0.15, 0.2) is 30.9 Å². The van der Waals surface area contributed by atoms with E-state index in [1.807, 2.05) is 10.8 Å². The van der Waals surface area contributed by atoms with E-state index < -0.39 is 11.6 Å². The van der Waals surface area contributed by atoms with E-state index in [0.29, 0.717) is 13.1 Å². The van der Waals surface area contributed by atoms with Gasteiger partial charge in [-0.05, 0) is 25.0 Å². The predicted molar refractivity (Wildman–Crippen MR) is 77.8 cm³/mol. The molecule has 116 valence electrons. The second-order valence-electron chi connectivity index (χ2n) is 5.30. The van der Waals surface area contributed by atoms with Crippen LogP contribution < -0.4 is 0 Å². The van der Waals surface area contributed by atoms with Crippen LogP contribution in [-0.4, -0.2) is 33.4 Å². The Morgan fingerprint density at radius 3 is 2.82 bits per heavy atom. The highest BCUT2D eigenvalue weighted by Crippen LogP contribution is 2.26. The fourth-order valence-electron chi connectivity index (χ4n) is 2.72. The molecule has 4 nitrogen and oxygen atoms in total. The normalized spacial score (nSPS) is 18.5. The minimum absolute atomic E-state index is 0.00755. The van der Waals surface area contributed by atoms with Crippen LogP contribution in [-0.2, 0) is 0 Å². The van der Waals surface area contributed by atoms with Crippen LogP contribution in [0, 0.1) is 11.6 Å². The average molecular weight is 326 g/mol. The zero-order valence-corrected chi connectivity index (χ0v) is 12.4.